The third-order valence-electron chi connectivity index (χ3n) is 14.2. The molecule has 0 bridgehead atoms. The summed E-state index contributed by atoms with van der Waals surface area (Å²) < 4.78 is 48.9. The molecule has 0 heterocycles. The van der Waals surface area contributed by atoms with Gasteiger partial charge in [0.2, 0.25) is 27.2 Å². The molecule has 358 valence electrons. The predicted molar refractivity (Wildman–Crippen MR) is 278 cm³/mol. The molecule has 8 nitrogen and oxygen atoms in total. The zero-order chi connectivity index (χ0) is 47.5. The molecule has 0 spiro atoms. The Labute approximate surface area is 412 Å². The van der Waals surface area contributed by atoms with E-state index in [0.29, 0.717) is 46.3 Å². The lowest BCUT2D eigenvalue weighted by Crippen LogP contribution is -2.11. The second-order valence-corrected chi connectivity index (χ2v) is 18.9. The topological polar surface area (TPSA) is 73.8 Å². The van der Waals surface area contributed by atoms with Gasteiger partial charge in [-0.15, -0.1) is 0 Å². The van der Waals surface area contributed by atoms with Gasteiger partial charge in [0.15, 0.2) is 0 Å². The number of ether oxygens (including phenoxy) is 8. The summed E-state index contributed by atoms with van der Waals surface area (Å²) in [6, 6.07) is 56.6. The van der Waals surface area contributed by atoms with E-state index in [4.69, 9.17) is 37.9 Å². The smallest absolute Gasteiger partial charge is 0.230 e. The number of fused-ring (bicyclic) bond motifs is 2. The summed E-state index contributed by atoms with van der Waals surface area (Å²) in [4.78, 5) is 0. The maximum Gasteiger partial charge on any atom is 0.230 e. The molecule has 2 fully saturated rings. The van der Waals surface area contributed by atoms with Crippen LogP contribution in [-0.2, 0) is 0 Å². The minimum absolute atomic E-state index is 0.0204. The first-order valence-corrected chi connectivity index (χ1v) is 25.0. The van der Waals surface area contributed by atoms with E-state index in [1.54, 1.807) is 0 Å². The quantitative estimate of drug-likeness (QED) is 0.0743. The number of rotatable bonds is 19. The zero-order valence-electron chi connectivity index (χ0n) is 40.2. The van der Waals surface area contributed by atoms with Gasteiger partial charge in [-0.3, -0.25) is 0 Å². The van der Waals surface area contributed by atoms with E-state index >= 15 is 0 Å². The molecular weight excluding hydrogens is 873 g/mol. The second kappa shape index (κ2) is 22.4. The van der Waals surface area contributed by atoms with E-state index in [2.05, 4.69) is 74.5 Å². The van der Waals surface area contributed by atoms with Crippen LogP contribution in [0.5, 0.6) is 46.0 Å². The molecule has 70 heavy (non-hydrogen) atoms. The van der Waals surface area contributed by atoms with Gasteiger partial charge in [-0.2, -0.15) is 0 Å². The molecule has 8 heteroatoms. The first-order chi connectivity index (χ1) is 34.5. The van der Waals surface area contributed by atoms with Gasteiger partial charge < -0.3 is 37.9 Å². The predicted octanol–water partition coefficient (Wildman–Crippen LogP) is 15.9. The highest BCUT2D eigenvalue weighted by molar-refractivity contribution is 6.09. The molecule has 8 aromatic rings. The zero-order valence-corrected chi connectivity index (χ0v) is 40.2. The average Bonchev–Trinajstić information content (AvgIpc) is 3.40. The van der Waals surface area contributed by atoms with E-state index in [0.717, 1.165) is 56.0 Å². The molecule has 10 rings (SSSR count). The van der Waals surface area contributed by atoms with Crippen LogP contribution in [-0.4, -0.2) is 27.2 Å². The molecule has 8 aromatic carbocycles. The van der Waals surface area contributed by atoms with Gasteiger partial charge in [-0.25, -0.2) is 0 Å². The number of hydrogen-bond acceptors (Lipinski definition) is 8. The first kappa shape index (κ1) is 46.4. The molecular formula is C62H62O8. The van der Waals surface area contributed by atoms with Crippen molar-refractivity contribution in [1.29, 1.82) is 0 Å². The molecule has 0 amide bonds. The van der Waals surface area contributed by atoms with Crippen LogP contribution in [0.3, 0.4) is 0 Å². The van der Waals surface area contributed by atoms with Crippen molar-refractivity contribution in [2.24, 2.45) is 11.8 Å². The van der Waals surface area contributed by atoms with Crippen molar-refractivity contribution in [2.75, 3.05) is 27.2 Å². The third kappa shape index (κ3) is 11.6. The molecule has 0 atom stereocenters. The van der Waals surface area contributed by atoms with E-state index in [9.17, 15) is 0 Å². The lowest BCUT2D eigenvalue weighted by atomic mass is 9.79. The Balaban J connectivity index is 0.751. The van der Waals surface area contributed by atoms with E-state index in [1.165, 1.54) is 62.5 Å². The van der Waals surface area contributed by atoms with Gasteiger partial charge in [0.05, 0.1) is 0 Å². The molecule has 0 aromatic heterocycles. The molecule has 2 saturated carbocycles. The summed E-state index contributed by atoms with van der Waals surface area (Å²) in [5.74, 6) is 8.54. The van der Waals surface area contributed by atoms with Crippen molar-refractivity contribution in [1.82, 2.24) is 0 Å². The van der Waals surface area contributed by atoms with Crippen molar-refractivity contribution in [2.45, 2.75) is 77.0 Å². The minimum atomic E-state index is -0.0204. The Morgan fingerprint density at radius 1 is 0.300 bits per heavy atom. The van der Waals surface area contributed by atoms with Gasteiger partial charge in [-0.05, 0) is 167 Å². The van der Waals surface area contributed by atoms with Crippen LogP contribution in [0.1, 0.15) is 88.2 Å². The Morgan fingerprint density at radius 3 is 0.914 bits per heavy atom. The van der Waals surface area contributed by atoms with Crippen LogP contribution in [0.2, 0.25) is 0 Å². The maximum absolute atomic E-state index is 6.49. The lowest BCUT2D eigenvalue weighted by Gasteiger charge is -2.26. The highest BCUT2D eigenvalue weighted by atomic mass is 16.7. The summed E-state index contributed by atoms with van der Waals surface area (Å²) in [5.41, 5.74) is 4.60. The van der Waals surface area contributed by atoms with Crippen molar-refractivity contribution in [3.05, 3.63) is 181 Å². The van der Waals surface area contributed by atoms with Crippen LogP contribution in [0.25, 0.3) is 32.7 Å². The van der Waals surface area contributed by atoms with Crippen molar-refractivity contribution in [3.8, 4) is 57.1 Å². The number of benzene rings is 8. The first-order valence-electron chi connectivity index (χ1n) is 25.0. The van der Waals surface area contributed by atoms with E-state index in [-0.39, 0.29) is 27.2 Å². The fraction of sp³-hybridized carbons (Fsp3) is 0.290. The van der Waals surface area contributed by atoms with E-state index in [1.807, 2.05) is 109 Å². The van der Waals surface area contributed by atoms with E-state index < -0.39 is 0 Å². The SMILES string of the molecule is CC1CCC(c2ccc(OCOc3ccc(OCOc4ccc5ccccc5c4-c4c(OCOc5ccc(OCOc6ccc(C7CCC(C)CC7)cc6)cc5)ccc5ccccc45)cc3)cc2)CC1. The summed E-state index contributed by atoms with van der Waals surface area (Å²) >= 11 is 0. The van der Waals surface area contributed by atoms with Crippen LogP contribution >= 0.6 is 0 Å². The normalized spacial score (nSPS) is 17.9. The maximum atomic E-state index is 6.49. The molecule has 0 unspecified atom stereocenters. The Hall–Kier alpha value is -7.32. The largest absolute Gasteiger partial charge is 0.458 e. The Bertz CT molecular complexity index is 2710. The van der Waals surface area contributed by atoms with Crippen LogP contribution in [0.15, 0.2) is 170 Å². The van der Waals surface area contributed by atoms with Crippen LogP contribution < -0.4 is 37.9 Å². The van der Waals surface area contributed by atoms with Gasteiger partial charge in [0, 0.05) is 11.1 Å². The van der Waals surface area contributed by atoms with Crippen LogP contribution in [0.4, 0.5) is 0 Å². The molecule has 2 aliphatic rings. The minimum Gasteiger partial charge on any atom is -0.458 e. The summed E-state index contributed by atoms with van der Waals surface area (Å²) in [5, 5.41) is 4.18. The molecule has 0 aliphatic heterocycles. The van der Waals surface area contributed by atoms with Gasteiger partial charge in [0.25, 0.3) is 0 Å². The highest BCUT2D eigenvalue weighted by Crippen LogP contribution is 2.46. The molecule has 0 saturated heterocycles. The molecule has 0 radical (unpaired) electrons. The van der Waals surface area contributed by atoms with Crippen molar-refractivity contribution >= 4 is 21.5 Å². The van der Waals surface area contributed by atoms with Gasteiger partial charge in [0.1, 0.15) is 46.0 Å². The molecule has 0 N–H and O–H groups in total. The fourth-order valence-corrected chi connectivity index (χ4v) is 10.0. The Morgan fingerprint density at radius 2 is 0.586 bits per heavy atom. The fourth-order valence-electron chi connectivity index (χ4n) is 10.0. The number of hydrogen-bond donors (Lipinski definition) is 0. The van der Waals surface area contributed by atoms with Crippen molar-refractivity contribution in [3.63, 3.8) is 0 Å². The summed E-state index contributed by atoms with van der Waals surface area (Å²) in [6.45, 7) is 4.89. The summed E-state index contributed by atoms with van der Waals surface area (Å²) in [6.07, 6.45) is 10.3. The monoisotopic (exact) mass is 934 g/mol. The van der Waals surface area contributed by atoms with Crippen molar-refractivity contribution < 1.29 is 37.9 Å². The van der Waals surface area contributed by atoms with Crippen LogP contribution in [0, 0.1) is 11.8 Å². The lowest BCUT2D eigenvalue weighted by molar-refractivity contribution is 0.115. The third-order valence-corrected chi connectivity index (χ3v) is 14.2. The summed E-state index contributed by atoms with van der Waals surface area (Å²) in [7, 11) is 0. The second-order valence-electron chi connectivity index (χ2n) is 18.9. The average molecular weight is 935 g/mol. The molecule has 2 aliphatic carbocycles. The standard InChI is InChI=1S/C62H62O8/c1-43-11-15-45(16-12-43)47-19-25-51(26-20-47)63-39-65-53-29-33-55(34-30-53)67-41-69-59-37-23-49-7-3-5-9-57(49)61(59)62-58-10-6-4-8-50(58)24-38-60(62)70-42-68-56-35-31-54(32-36-56)66-40-64-52-27-21-48(22-28-52)46-17-13-44(2)14-18-46/h3-10,19-38,43-46H,11-18,39-42H2,1-2H3. The highest BCUT2D eigenvalue weighted by Gasteiger charge is 2.22. The Kier molecular flexibility index (Phi) is 14.9. The van der Waals surface area contributed by atoms with Gasteiger partial charge >= 0.3 is 0 Å². The van der Waals surface area contributed by atoms with Gasteiger partial charge in [-0.1, -0.05) is 124 Å².